The molecule has 0 spiro atoms. The summed E-state index contributed by atoms with van der Waals surface area (Å²) in [7, 11) is 0. The van der Waals surface area contributed by atoms with Crippen molar-refractivity contribution in [1.29, 1.82) is 0 Å². The van der Waals surface area contributed by atoms with Gasteiger partial charge in [-0.15, -0.1) is 0 Å². The molecule has 2 aromatic carbocycles. The van der Waals surface area contributed by atoms with Gasteiger partial charge in [-0.3, -0.25) is 4.79 Å². The summed E-state index contributed by atoms with van der Waals surface area (Å²) in [6.45, 7) is 1.18. The molecule has 2 unspecified atom stereocenters. The number of thioether (sulfide) groups is 1. The fourth-order valence-corrected chi connectivity index (χ4v) is 3.83. The third-order valence-electron chi connectivity index (χ3n) is 4.70. The second kappa shape index (κ2) is 10.1. The summed E-state index contributed by atoms with van der Waals surface area (Å²) in [5.74, 6) is -0.472. The first-order chi connectivity index (χ1) is 14.4. The lowest BCUT2D eigenvalue weighted by molar-refractivity contribution is -0.123. The Balaban J connectivity index is 1.41. The van der Waals surface area contributed by atoms with Gasteiger partial charge < -0.3 is 31.7 Å². The third kappa shape index (κ3) is 6.04. The smallest absolute Gasteiger partial charge is 0.229 e. The van der Waals surface area contributed by atoms with Gasteiger partial charge in [0, 0.05) is 12.2 Å². The van der Waals surface area contributed by atoms with Crippen LogP contribution >= 0.6 is 11.8 Å². The first-order valence-corrected chi connectivity index (χ1v) is 10.5. The highest BCUT2D eigenvalue weighted by Gasteiger charge is 2.43. The fourth-order valence-electron chi connectivity index (χ4n) is 3.07. The van der Waals surface area contributed by atoms with Gasteiger partial charge in [0.25, 0.3) is 0 Å². The molecule has 0 bridgehead atoms. The number of nitrogens with two attached hydrogens (primary N) is 1. The Labute approximate surface area is 179 Å². The SMILES string of the molecule is NC1=NC(O)(CC(=O)Nc2ccc(CCNC[C@H](O)c3ccccc3)cc2)C(O)S1. The van der Waals surface area contributed by atoms with Gasteiger partial charge in [-0.2, -0.15) is 0 Å². The highest BCUT2D eigenvalue weighted by molar-refractivity contribution is 8.14. The van der Waals surface area contributed by atoms with E-state index in [1.165, 1.54) is 0 Å². The van der Waals surface area contributed by atoms with Crippen LogP contribution in [0.3, 0.4) is 0 Å². The molecule has 2 aromatic rings. The highest BCUT2D eigenvalue weighted by atomic mass is 32.2. The van der Waals surface area contributed by atoms with Crippen LogP contribution in [0.25, 0.3) is 0 Å². The molecule has 0 fully saturated rings. The van der Waals surface area contributed by atoms with Crippen LogP contribution in [0.5, 0.6) is 0 Å². The monoisotopic (exact) mass is 430 g/mol. The normalized spacial score (nSPS) is 21.8. The first kappa shape index (κ1) is 22.3. The van der Waals surface area contributed by atoms with Crippen molar-refractivity contribution < 1.29 is 20.1 Å². The molecule has 0 radical (unpaired) electrons. The van der Waals surface area contributed by atoms with Crippen LogP contribution in [-0.4, -0.2) is 50.6 Å². The lowest BCUT2D eigenvalue weighted by Crippen LogP contribution is -2.39. The molecule has 0 saturated heterocycles. The summed E-state index contributed by atoms with van der Waals surface area (Å²) < 4.78 is 0. The molecule has 3 atom stereocenters. The minimum atomic E-state index is -1.91. The average molecular weight is 431 g/mol. The zero-order valence-electron chi connectivity index (χ0n) is 16.4. The number of anilines is 1. The lowest BCUT2D eigenvalue weighted by atomic mass is 10.1. The molecule has 1 heterocycles. The van der Waals surface area contributed by atoms with Gasteiger partial charge in [-0.25, -0.2) is 4.99 Å². The van der Waals surface area contributed by atoms with Crippen molar-refractivity contribution in [1.82, 2.24) is 5.32 Å². The summed E-state index contributed by atoms with van der Waals surface area (Å²) >= 11 is 0.819. The predicted molar refractivity (Wildman–Crippen MR) is 118 cm³/mol. The molecule has 7 N–H and O–H groups in total. The number of hydrogen-bond donors (Lipinski definition) is 6. The molecule has 0 saturated carbocycles. The van der Waals surface area contributed by atoms with Crippen LogP contribution in [0.1, 0.15) is 23.7 Å². The number of aliphatic hydroxyl groups is 3. The number of carbonyl (C=O) groups is 1. The molecular weight excluding hydrogens is 404 g/mol. The number of amidine groups is 1. The molecule has 0 aromatic heterocycles. The summed E-state index contributed by atoms with van der Waals surface area (Å²) in [6, 6.07) is 16.8. The Bertz CT molecular complexity index is 878. The number of aliphatic imine (C=N–C) groups is 1. The maximum Gasteiger partial charge on any atom is 0.229 e. The van der Waals surface area contributed by atoms with Gasteiger partial charge in [-0.05, 0) is 36.2 Å². The van der Waals surface area contributed by atoms with Crippen molar-refractivity contribution in [2.24, 2.45) is 10.7 Å². The van der Waals surface area contributed by atoms with Crippen LogP contribution in [0.4, 0.5) is 5.69 Å². The van der Waals surface area contributed by atoms with Crippen LogP contribution in [0.15, 0.2) is 59.6 Å². The molecule has 160 valence electrons. The molecule has 30 heavy (non-hydrogen) atoms. The number of nitrogens with one attached hydrogen (secondary N) is 2. The van der Waals surface area contributed by atoms with Gasteiger partial charge in [-0.1, -0.05) is 54.2 Å². The number of amides is 1. The van der Waals surface area contributed by atoms with Gasteiger partial charge in [0.05, 0.1) is 12.5 Å². The third-order valence-corrected chi connectivity index (χ3v) is 5.64. The van der Waals surface area contributed by atoms with Crippen molar-refractivity contribution in [3.05, 3.63) is 65.7 Å². The van der Waals surface area contributed by atoms with E-state index in [1.54, 1.807) is 12.1 Å². The first-order valence-electron chi connectivity index (χ1n) is 9.61. The van der Waals surface area contributed by atoms with Gasteiger partial charge in [0.15, 0.2) is 10.6 Å². The lowest BCUT2D eigenvalue weighted by Gasteiger charge is -2.21. The number of carbonyl (C=O) groups excluding carboxylic acids is 1. The Morgan fingerprint density at radius 1 is 1.20 bits per heavy atom. The topological polar surface area (TPSA) is 140 Å². The minimum Gasteiger partial charge on any atom is -0.387 e. The molecule has 9 heteroatoms. The molecule has 0 aliphatic carbocycles. The zero-order valence-corrected chi connectivity index (χ0v) is 17.2. The number of nitrogens with zero attached hydrogens (tertiary/aromatic N) is 1. The van der Waals surface area contributed by atoms with Crippen LogP contribution in [-0.2, 0) is 11.2 Å². The Morgan fingerprint density at radius 2 is 1.90 bits per heavy atom. The van der Waals surface area contributed by atoms with E-state index in [2.05, 4.69) is 15.6 Å². The largest absolute Gasteiger partial charge is 0.387 e. The molecule has 1 aliphatic heterocycles. The van der Waals surface area contributed by atoms with Crippen molar-refractivity contribution in [3.8, 4) is 0 Å². The van der Waals surface area contributed by atoms with E-state index in [4.69, 9.17) is 5.73 Å². The maximum atomic E-state index is 12.2. The molecule has 1 aliphatic rings. The van der Waals surface area contributed by atoms with Crippen molar-refractivity contribution >= 4 is 28.5 Å². The maximum absolute atomic E-state index is 12.2. The fraction of sp³-hybridized carbons (Fsp3) is 0.333. The number of aliphatic hydroxyl groups excluding tert-OH is 2. The van der Waals surface area contributed by atoms with Gasteiger partial charge in [0.1, 0.15) is 0 Å². The second-order valence-corrected chi connectivity index (χ2v) is 8.20. The Kier molecular flexibility index (Phi) is 7.46. The van der Waals surface area contributed by atoms with Crippen molar-refractivity contribution in [2.45, 2.75) is 30.1 Å². The highest BCUT2D eigenvalue weighted by Crippen LogP contribution is 2.33. The quantitative estimate of drug-likeness (QED) is 0.326. The summed E-state index contributed by atoms with van der Waals surface area (Å²) in [4.78, 5) is 15.9. The zero-order chi connectivity index (χ0) is 21.6. The van der Waals surface area contributed by atoms with Crippen LogP contribution in [0.2, 0.25) is 0 Å². The van der Waals surface area contributed by atoms with E-state index in [1.807, 2.05) is 42.5 Å². The number of hydrogen-bond acceptors (Lipinski definition) is 8. The predicted octanol–water partition coefficient (Wildman–Crippen LogP) is 0.949. The Hall–Kier alpha value is -2.43. The van der Waals surface area contributed by atoms with Gasteiger partial charge >= 0.3 is 0 Å². The van der Waals surface area contributed by atoms with E-state index in [-0.39, 0.29) is 5.17 Å². The minimum absolute atomic E-state index is 0.0482. The van der Waals surface area contributed by atoms with Crippen LogP contribution in [0, 0.1) is 0 Å². The van der Waals surface area contributed by atoms with E-state index in [0.29, 0.717) is 18.8 Å². The van der Waals surface area contributed by atoms with Crippen LogP contribution < -0.4 is 16.4 Å². The second-order valence-electron chi connectivity index (χ2n) is 7.10. The van der Waals surface area contributed by atoms with E-state index < -0.39 is 29.6 Å². The standard InChI is InChI=1S/C21H26N4O4S/c22-20-25-21(29,19(28)30-20)12-18(27)24-16-8-6-14(7-9-16)10-11-23-13-17(26)15-4-2-1-3-5-15/h1-9,17,19,23,26,28-29H,10-13H2,(H2,22,25)(H,24,27)/t17-,19?,21?/m0/s1. The van der Waals surface area contributed by atoms with Crippen molar-refractivity contribution in [3.63, 3.8) is 0 Å². The average Bonchev–Trinajstić information content (AvgIpc) is 2.97. The van der Waals surface area contributed by atoms with E-state index >= 15 is 0 Å². The Morgan fingerprint density at radius 3 is 2.53 bits per heavy atom. The molecule has 1 amide bonds. The molecule has 3 rings (SSSR count). The molecule has 8 nitrogen and oxygen atoms in total. The summed E-state index contributed by atoms with van der Waals surface area (Å²) in [6.07, 6.45) is -0.167. The van der Waals surface area contributed by atoms with Crippen molar-refractivity contribution in [2.75, 3.05) is 18.4 Å². The number of benzene rings is 2. The van der Waals surface area contributed by atoms with E-state index in [9.17, 15) is 20.1 Å². The van der Waals surface area contributed by atoms with Gasteiger partial charge in [0.2, 0.25) is 11.6 Å². The molecular formula is C21H26N4O4S. The number of rotatable bonds is 9. The van der Waals surface area contributed by atoms with E-state index in [0.717, 1.165) is 29.3 Å². The summed E-state index contributed by atoms with van der Waals surface area (Å²) in [5, 5.41) is 36.1. The summed E-state index contributed by atoms with van der Waals surface area (Å²) in [5.41, 5.74) is 4.85.